The summed E-state index contributed by atoms with van der Waals surface area (Å²) < 4.78 is 16.8. The van der Waals surface area contributed by atoms with Crippen molar-refractivity contribution in [3.05, 3.63) is 219 Å². The summed E-state index contributed by atoms with van der Waals surface area (Å²) in [6.45, 7) is 6.17. The van der Waals surface area contributed by atoms with Crippen molar-refractivity contribution >= 4 is 17.9 Å². The summed E-state index contributed by atoms with van der Waals surface area (Å²) in [5.41, 5.74) is 0. The van der Waals surface area contributed by atoms with E-state index in [0.717, 1.165) is 180 Å². The molecule has 0 aromatic carbocycles. The lowest BCUT2D eigenvalue weighted by atomic mass is 10.1. The van der Waals surface area contributed by atoms with Gasteiger partial charge < -0.3 is 14.2 Å². The van der Waals surface area contributed by atoms with Crippen molar-refractivity contribution in [1.29, 1.82) is 0 Å². The van der Waals surface area contributed by atoms with Gasteiger partial charge in [0.25, 0.3) is 0 Å². The molecule has 1 atom stereocenters. The average molecular weight is 1140 g/mol. The molecule has 0 amide bonds. The molecule has 0 aromatic rings. The molecule has 6 nitrogen and oxygen atoms in total. The second kappa shape index (κ2) is 68.2. The van der Waals surface area contributed by atoms with Gasteiger partial charge in [0.1, 0.15) is 13.2 Å². The van der Waals surface area contributed by atoms with Gasteiger partial charge in [0.2, 0.25) is 0 Å². The smallest absolute Gasteiger partial charge is 0.306 e. The Morgan fingerprint density at radius 3 is 0.711 bits per heavy atom. The molecule has 0 bridgehead atoms. The van der Waals surface area contributed by atoms with Crippen molar-refractivity contribution in [3.8, 4) is 0 Å². The molecule has 0 saturated heterocycles. The van der Waals surface area contributed by atoms with E-state index in [0.29, 0.717) is 19.3 Å². The summed E-state index contributed by atoms with van der Waals surface area (Å²) in [6.07, 6.45) is 107. The number of unbranched alkanes of at least 4 members (excludes halogenated alkanes) is 8. The molecule has 0 radical (unpaired) electrons. The maximum Gasteiger partial charge on any atom is 0.306 e. The zero-order chi connectivity index (χ0) is 59.9. The van der Waals surface area contributed by atoms with E-state index in [-0.39, 0.29) is 31.6 Å². The van der Waals surface area contributed by atoms with E-state index < -0.39 is 12.1 Å². The normalized spacial score (nSPS) is 13.6. The van der Waals surface area contributed by atoms with Crippen molar-refractivity contribution < 1.29 is 28.6 Å². The van der Waals surface area contributed by atoms with E-state index in [1.165, 1.54) is 0 Å². The third-order valence-corrected chi connectivity index (χ3v) is 12.5. The number of allylic oxidation sites excluding steroid dienone is 36. The summed E-state index contributed by atoms with van der Waals surface area (Å²) in [7, 11) is 0. The van der Waals surface area contributed by atoms with Gasteiger partial charge in [0.05, 0.1) is 0 Å². The maximum absolute atomic E-state index is 12.9. The zero-order valence-corrected chi connectivity index (χ0v) is 52.4. The molecule has 0 fully saturated rings. The summed E-state index contributed by atoms with van der Waals surface area (Å²) in [5, 5.41) is 0. The van der Waals surface area contributed by atoms with Crippen LogP contribution in [0.15, 0.2) is 219 Å². The lowest BCUT2D eigenvalue weighted by Gasteiger charge is -2.18. The summed E-state index contributed by atoms with van der Waals surface area (Å²) in [4.78, 5) is 38.2. The largest absolute Gasteiger partial charge is 0.462 e. The quantitative estimate of drug-likeness (QED) is 0.0261. The molecule has 0 spiro atoms. The molecular weight excluding hydrogens is 1020 g/mol. The molecule has 0 aromatic heterocycles. The first-order valence-corrected chi connectivity index (χ1v) is 32.2. The van der Waals surface area contributed by atoms with Gasteiger partial charge in [-0.25, -0.2) is 0 Å². The van der Waals surface area contributed by atoms with Crippen LogP contribution in [0, 0.1) is 0 Å². The number of hydrogen-bond donors (Lipinski definition) is 0. The standard InChI is InChI=1S/C77H114O6/c1-4-7-10-13-16-19-22-25-27-29-30-31-32-33-34-35-36-37-38-39-40-41-42-43-44-45-46-48-49-52-55-58-61-64-67-70-76(79)82-73-74(72-81-75(78)69-66-63-60-57-54-51-24-21-18-15-12-9-6-3)83-77(80)71-68-65-62-59-56-53-50-47-28-26-23-20-17-14-11-8-5-2/h7-12,16-21,25-28,30-31,33-34,36-37,39-40,42-43,45-46,49-54,59,62,74H,4-6,13-15,22-24,29,32,35,38,41,44,47-48,55-58,60-61,63-73H2,1-3H3/b10-7-,11-8-,12-9-,19-16-,20-17-,21-18-,27-25-,28-26-,31-30-,34-33-,37-36-,40-39-,43-42-,46-45-,52-49-,53-50-,54-51-,62-59-. The van der Waals surface area contributed by atoms with E-state index in [2.05, 4.69) is 240 Å². The van der Waals surface area contributed by atoms with Crippen LogP contribution in [0.25, 0.3) is 0 Å². The Labute approximate surface area is 508 Å². The molecule has 0 aliphatic carbocycles. The van der Waals surface area contributed by atoms with Gasteiger partial charge in [-0.1, -0.05) is 259 Å². The molecule has 0 aliphatic heterocycles. The first-order valence-electron chi connectivity index (χ1n) is 32.2. The topological polar surface area (TPSA) is 78.9 Å². The van der Waals surface area contributed by atoms with Gasteiger partial charge in [0, 0.05) is 19.3 Å². The fourth-order valence-electron chi connectivity index (χ4n) is 7.75. The molecule has 83 heavy (non-hydrogen) atoms. The maximum atomic E-state index is 12.9. The molecular formula is C77H114O6. The number of ether oxygens (including phenoxy) is 3. The number of hydrogen-bond acceptors (Lipinski definition) is 6. The van der Waals surface area contributed by atoms with Crippen molar-refractivity contribution in [2.75, 3.05) is 13.2 Å². The number of esters is 3. The highest BCUT2D eigenvalue weighted by molar-refractivity contribution is 5.71. The molecule has 0 aliphatic rings. The third kappa shape index (κ3) is 66.4. The lowest BCUT2D eigenvalue weighted by molar-refractivity contribution is -0.167. The predicted octanol–water partition coefficient (Wildman–Crippen LogP) is 22.5. The Balaban J connectivity index is 4.44. The number of carbonyl (C=O) groups is 3. The fraction of sp³-hybridized carbons (Fsp3) is 0.494. The highest BCUT2D eigenvalue weighted by Gasteiger charge is 2.19. The third-order valence-electron chi connectivity index (χ3n) is 12.5. The summed E-state index contributed by atoms with van der Waals surface area (Å²) in [5.74, 6) is -1.06. The average Bonchev–Trinajstić information content (AvgIpc) is 3.49. The Kier molecular flexibility index (Phi) is 63.1. The van der Waals surface area contributed by atoms with Crippen molar-refractivity contribution in [2.45, 2.75) is 232 Å². The number of rotatable bonds is 55. The van der Waals surface area contributed by atoms with Gasteiger partial charge >= 0.3 is 17.9 Å². The van der Waals surface area contributed by atoms with Crippen LogP contribution >= 0.6 is 0 Å². The van der Waals surface area contributed by atoms with Crippen LogP contribution in [0.4, 0.5) is 0 Å². The summed E-state index contributed by atoms with van der Waals surface area (Å²) in [6, 6.07) is 0. The monoisotopic (exact) mass is 1130 g/mol. The molecule has 0 saturated carbocycles. The van der Waals surface area contributed by atoms with Crippen molar-refractivity contribution in [1.82, 2.24) is 0 Å². The Morgan fingerprint density at radius 1 is 0.241 bits per heavy atom. The fourth-order valence-corrected chi connectivity index (χ4v) is 7.75. The van der Waals surface area contributed by atoms with Crippen molar-refractivity contribution in [2.24, 2.45) is 0 Å². The van der Waals surface area contributed by atoms with Gasteiger partial charge in [-0.15, -0.1) is 0 Å². The van der Waals surface area contributed by atoms with E-state index >= 15 is 0 Å². The minimum atomic E-state index is -0.845. The van der Waals surface area contributed by atoms with E-state index in [1.54, 1.807) is 0 Å². The minimum Gasteiger partial charge on any atom is -0.462 e. The van der Waals surface area contributed by atoms with Gasteiger partial charge in [0.15, 0.2) is 6.10 Å². The predicted molar refractivity (Wildman–Crippen MR) is 361 cm³/mol. The van der Waals surface area contributed by atoms with Gasteiger partial charge in [-0.3, -0.25) is 14.4 Å². The molecule has 6 heteroatoms. The van der Waals surface area contributed by atoms with E-state index in [4.69, 9.17) is 14.2 Å². The minimum absolute atomic E-state index is 0.136. The zero-order valence-electron chi connectivity index (χ0n) is 52.4. The van der Waals surface area contributed by atoms with E-state index in [9.17, 15) is 14.4 Å². The van der Waals surface area contributed by atoms with Crippen LogP contribution in [0.1, 0.15) is 226 Å². The Morgan fingerprint density at radius 2 is 0.446 bits per heavy atom. The highest BCUT2D eigenvalue weighted by atomic mass is 16.6. The highest BCUT2D eigenvalue weighted by Crippen LogP contribution is 2.11. The van der Waals surface area contributed by atoms with Gasteiger partial charge in [-0.05, 0) is 167 Å². The second-order valence-electron chi connectivity index (χ2n) is 20.2. The second-order valence-corrected chi connectivity index (χ2v) is 20.2. The Hall–Kier alpha value is -6.27. The lowest BCUT2D eigenvalue weighted by Crippen LogP contribution is -2.30. The number of carbonyl (C=O) groups excluding carboxylic acids is 3. The van der Waals surface area contributed by atoms with Crippen LogP contribution in [0.3, 0.4) is 0 Å². The molecule has 0 heterocycles. The molecule has 0 N–H and O–H groups in total. The van der Waals surface area contributed by atoms with Crippen LogP contribution < -0.4 is 0 Å². The van der Waals surface area contributed by atoms with Crippen LogP contribution in [0.2, 0.25) is 0 Å². The van der Waals surface area contributed by atoms with Crippen LogP contribution in [0.5, 0.6) is 0 Å². The van der Waals surface area contributed by atoms with Gasteiger partial charge in [-0.2, -0.15) is 0 Å². The molecule has 458 valence electrons. The first-order chi connectivity index (χ1) is 41.0. The first kappa shape index (κ1) is 76.7. The Bertz CT molecular complexity index is 2080. The SMILES string of the molecule is CC/C=C\C/C=C\C/C=C\C/C=C\C/C=C\C/C=C\C/C=C\C/C=C\C/C=C\C/C=C\CCCCCCC(=O)OCC(COC(=O)CCCCC/C=C\C/C=C\C/C=C\CC)OC(=O)CCC/C=C\C/C=C\C/C=C\C/C=C\C/C=C\CC. The summed E-state index contributed by atoms with van der Waals surface area (Å²) >= 11 is 0. The van der Waals surface area contributed by atoms with E-state index in [1.807, 2.05) is 0 Å². The van der Waals surface area contributed by atoms with Crippen molar-refractivity contribution in [3.63, 3.8) is 0 Å². The molecule has 1 unspecified atom stereocenters. The van der Waals surface area contributed by atoms with Crippen LogP contribution in [-0.4, -0.2) is 37.2 Å². The molecule has 0 rings (SSSR count). The van der Waals surface area contributed by atoms with Crippen LogP contribution in [-0.2, 0) is 28.6 Å².